The van der Waals surface area contributed by atoms with Crippen LogP contribution in [0.25, 0.3) is 0 Å². The lowest BCUT2D eigenvalue weighted by atomic mass is 9.71. The van der Waals surface area contributed by atoms with E-state index in [0.29, 0.717) is 18.4 Å². The number of halogens is 3. The molecule has 4 saturated heterocycles. The third kappa shape index (κ3) is 12.9. The molecular weight excluding hydrogens is 1030 g/mol. The first-order valence-electron chi connectivity index (χ1n) is 27.0. The quantitative estimate of drug-likeness (QED) is 0.0641. The summed E-state index contributed by atoms with van der Waals surface area (Å²) in [6.07, 6.45) is 4.61. The molecule has 2 bridgehead atoms. The van der Waals surface area contributed by atoms with Gasteiger partial charge < -0.3 is 56.9 Å². The molecule has 6 aliphatic heterocycles. The summed E-state index contributed by atoms with van der Waals surface area (Å²) in [5, 5.41) is 13.1. The van der Waals surface area contributed by atoms with E-state index >= 15 is 0 Å². The molecule has 0 aromatic heterocycles. The number of hydrogen-bond donors (Lipinski definition) is 1. The lowest BCUT2D eigenvalue weighted by molar-refractivity contribution is -0.317. The summed E-state index contributed by atoms with van der Waals surface area (Å²) < 4.78 is 139. The van der Waals surface area contributed by atoms with Crippen LogP contribution >= 0.6 is 0 Å². The van der Waals surface area contributed by atoms with E-state index in [0.717, 1.165) is 17.6 Å². The summed E-state index contributed by atoms with van der Waals surface area (Å²) >= 11 is 0. The van der Waals surface area contributed by atoms with Crippen molar-refractivity contribution in [1.82, 2.24) is 0 Å². The van der Waals surface area contributed by atoms with Crippen molar-refractivity contribution in [3.8, 4) is 0 Å². The van der Waals surface area contributed by atoms with Crippen LogP contribution in [-0.4, -0.2) is 151 Å². The minimum atomic E-state index is -5.94. The number of aliphatic hydroxyl groups is 1. The van der Waals surface area contributed by atoms with Gasteiger partial charge in [0.2, 0.25) is 0 Å². The largest absolute Gasteiger partial charge is 0.523 e. The number of rotatable bonds is 12. The third-order valence-corrected chi connectivity index (χ3v) is 22.7. The maximum Gasteiger partial charge on any atom is 0.523 e. The first kappa shape index (κ1) is 61.3. The Balaban J connectivity index is 1.18. The van der Waals surface area contributed by atoms with Gasteiger partial charge in [0.05, 0.1) is 55.4 Å². The monoisotopic (exact) mass is 1120 g/mol. The van der Waals surface area contributed by atoms with Gasteiger partial charge >= 0.3 is 21.6 Å². The summed E-state index contributed by atoms with van der Waals surface area (Å²) in [5.74, 6) is -2.79. The van der Waals surface area contributed by atoms with Crippen molar-refractivity contribution in [2.75, 3.05) is 20.8 Å². The molecule has 76 heavy (non-hydrogen) atoms. The molecule has 0 unspecified atom stereocenters. The topological polar surface area (TPSA) is 182 Å². The molecule has 20 atom stereocenters. The van der Waals surface area contributed by atoms with Gasteiger partial charge in [-0.25, -0.2) is 0 Å². The molecule has 0 amide bonds. The molecule has 0 aromatic rings. The molecule has 4 fully saturated rings. The van der Waals surface area contributed by atoms with Gasteiger partial charge in [-0.05, 0) is 81.0 Å². The number of carbonyl (C=O) groups excluding carboxylic acids is 1. The van der Waals surface area contributed by atoms with Crippen molar-refractivity contribution in [2.45, 2.75) is 236 Å². The fourth-order valence-corrected chi connectivity index (χ4v) is 13.5. The average molecular weight is 1120 g/mol. The zero-order valence-electron chi connectivity index (χ0n) is 47.0. The zero-order chi connectivity index (χ0) is 56.1. The molecule has 7 rings (SSSR count). The lowest BCUT2D eigenvalue weighted by Crippen LogP contribution is -2.60. The average Bonchev–Trinajstić information content (AvgIpc) is 3.67. The highest BCUT2D eigenvalue weighted by molar-refractivity contribution is 7.87. The Kier molecular flexibility index (Phi) is 19.0. The summed E-state index contributed by atoms with van der Waals surface area (Å²) in [6.45, 7) is 26.4. The van der Waals surface area contributed by atoms with Crippen molar-refractivity contribution >= 4 is 24.4 Å². The second-order valence-electron chi connectivity index (χ2n) is 23.8. The van der Waals surface area contributed by atoms with Crippen molar-refractivity contribution in [3.63, 3.8) is 0 Å². The number of esters is 1. The van der Waals surface area contributed by atoms with E-state index in [1.54, 1.807) is 6.92 Å². The molecule has 6 heterocycles. The van der Waals surface area contributed by atoms with Crippen LogP contribution in [0.3, 0.4) is 0 Å². The van der Waals surface area contributed by atoms with Crippen molar-refractivity contribution < 1.29 is 87.5 Å². The fraction of sp³-hybridized carbons (Fsp3) is 0.800. The molecule has 0 radical (unpaired) electrons. The highest BCUT2D eigenvalue weighted by atomic mass is 32.2. The summed E-state index contributed by atoms with van der Waals surface area (Å²) in [4.78, 5) is 14.9. The second-order valence-corrected chi connectivity index (χ2v) is 30.1. The van der Waals surface area contributed by atoms with Crippen LogP contribution in [0.4, 0.5) is 13.2 Å². The SMILES string of the molecule is CC[C@@H](C)[C@H]1O[C@]2(C=C[C@@H]1C)C[C@@H]1C[C@@H](C/C=C(\C)[C@@H](O[C@H]3C[C@H](OC)[C@@H](O[C@H]4C[C@H](OC)[C@@H](OS(=O)(=O)C(F)(F)F)[C@H](C)O4)[C@H](C)O3)[C@@H](C)/C=C/C=C3\CO[C@@H]4[C@H](O[Si](C)(C)C(C)(C)C)C(C)=C[C@@H](C(=O)O1)[C@]34O)O2. The predicted octanol–water partition coefficient (Wildman–Crippen LogP) is 9.28. The third-order valence-electron chi connectivity index (χ3n) is 17.2. The van der Waals surface area contributed by atoms with Gasteiger partial charge in [0.25, 0.3) is 0 Å². The van der Waals surface area contributed by atoms with Gasteiger partial charge in [-0.3, -0.25) is 8.98 Å². The van der Waals surface area contributed by atoms with Gasteiger partial charge in [-0.2, -0.15) is 21.6 Å². The molecular formula is C55H85F3O16SSi. The molecule has 1 aliphatic carbocycles. The molecule has 16 nitrogen and oxygen atoms in total. The van der Waals surface area contributed by atoms with Crippen LogP contribution in [0.2, 0.25) is 18.1 Å². The Hall–Kier alpha value is -2.35. The molecule has 432 valence electrons. The molecule has 0 aromatic carbocycles. The number of carbonyl (C=O) groups is 1. The highest BCUT2D eigenvalue weighted by Crippen LogP contribution is 2.50. The minimum absolute atomic E-state index is 0.0536. The first-order valence-corrected chi connectivity index (χ1v) is 31.4. The summed E-state index contributed by atoms with van der Waals surface area (Å²) in [7, 11) is -5.60. The van der Waals surface area contributed by atoms with E-state index in [4.69, 9.17) is 51.8 Å². The van der Waals surface area contributed by atoms with Crippen LogP contribution < -0.4 is 0 Å². The lowest BCUT2D eigenvalue weighted by Gasteiger charge is -2.49. The standard InChI is InChI=1S/C55H85F3O16SSi/c1-16-30(2)46-33(5)22-23-53(72-46)28-39-25-38(71-53)21-20-32(4)45(31(3)18-17-19-37-29-65-50-47(74-76(14,15)52(9,10)11)34(6)24-40(51(59)68-39)54(37,50)60)69-43-26-41(63-12)48(35(7)66-43)70-44-27-42(64-13)49(36(8)67-44)73-75(61,62)55(56,57)58/h17-20,22-24,30-31,33,35-36,38-50,60H,16,21,25-29H2,1-15H3/b18-17+,32-20+,37-19+/t30-,31+,33+,35+,36+,38-,39+,40+,41+,42+,43+,44+,45+,46-,47-,48+,49+,50-,53-,54-/m1/s1. The van der Waals surface area contributed by atoms with Crippen LogP contribution in [0.1, 0.15) is 115 Å². The Bertz CT molecular complexity index is 2320. The van der Waals surface area contributed by atoms with Crippen LogP contribution in [0, 0.1) is 23.7 Å². The van der Waals surface area contributed by atoms with Crippen LogP contribution in [0.5, 0.6) is 0 Å². The van der Waals surface area contributed by atoms with Crippen molar-refractivity contribution in [3.05, 3.63) is 59.3 Å². The van der Waals surface area contributed by atoms with Gasteiger partial charge in [-0.15, -0.1) is 0 Å². The maximum absolute atomic E-state index is 14.9. The number of alkyl halides is 3. The summed E-state index contributed by atoms with van der Waals surface area (Å²) in [6, 6.07) is 0. The molecule has 1 N–H and O–H groups in total. The molecule has 1 spiro atoms. The Morgan fingerprint density at radius 1 is 0.868 bits per heavy atom. The van der Waals surface area contributed by atoms with Crippen LogP contribution in [0.15, 0.2) is 59.3 Å². The van der Waals surface area contributed by atoms with Gasteiger partial charge in [0, 0.05) is 51.7 Å². The minimum Gasteiger partial charge on any atom is -0.462 e. The van der Waals surface area contributed by atoms with E-state index in [9.17, 15) is 31.5 Å². The van der Waals surface area contributed by atoms with Gasteiger partial charge in [0.15, 0.2) is 26.7 Å². The van der Waals surface area contributed by atoms with E-state index in [-0.39, 0.29) is 54.8 Å². The van der Waals surface area contributed by atoms with Crippen molar-refractivity contribution in [2.24, 2.45) is 23.7 Å². The normalized spacial score (nSPS) is 43.2. The molecule has 0 saturated carbocycles. The maximum atomic E-state index is 14.9. The van der Waals surface area contributed by atoms with E-state index in [2.05, 4.69) is 71.0 Å². The summed E-state index contributed by atoms with van der Waals surface area (Å²) in [5.41, 5.74) is -5.25. The van der Waals surface area contributed by atoms with E-state index in [1.807, 2.05) is 51.2 Å². The Labute approximate surface area is 449 Å². The first-order chi connectivity index (χ1) is 35.4. The Morgan fingerprint density at radius 3 is 2.12 bits per heavy atom. The predicted molar refractivity (Wildman–Crippen MR) is 277 cm³/mol. The van der Waals surface area contributed by atoms with Gasteiger partial charge in [-0.1, -0.05) is 91.3 Å². The number of methoxy groups -OCH3 is 2. The number of fused-ring (bicyclic) bond motifs is 2. The van der Waals surface area contributed by atoms with Crippen molar-refractivity contribution in [1.29, 1.82) is 0 Å². The fourth-order valence-electron chi connectivity index (χ4n) is 11.5. The number of allylic oxidation sites excluding steroid dienone is 2. The smallest absolute Gasteiger partial charge is 0.462 e. The zero-order valence-corrected chi connectivity index (χ0v) is 48.8. The van der Waals surface area contributed by atoms with E-state index < -0.39 is 127 Å². The highest BCUT2D eigenvalue weighted by Gasteiger charge is 2.62. The number of ether oxygens (including phenoxy) is 10. The Morgan fingerprint density at radius 2 is 1.50 bits per heavy atom. The van der Waals surface area contributed by atoms with Crippen LogP contribution in [-0.2, 0) is 70.9 Å². The van der Waals surface area contributed by atoms with E-state index in [1.165, 1.54) is 21.1 Å². The molecule has 7 aliphatic rings. The van der Waals surface area contributed by atoms with Gasteiger partial charge in [0.1, 0.15) is 35.9 Å². The molecule has 21 heteroatoms. The number of hydrogen-bond acceptors (Lipinski definition) is 16. The second kappa shape index (κ2) is 23.6.